The molecule has 1 fully saturated rings. The molecule has 1 aliphatic heterocycles. The number of esters is 1. The highest BCUT2D eigenvalue weighted by Crippen LogP contribution is 2.38. The van der Waals surface area contributed by atoms with Gasteiger partial charge in [0.25, 0.3) is 0 Å². The molecule has 5 heteroatoms. The second kappa shape index (κ2) is 4.70. The Kier molecular flexibility index (Phi) is 4.06. The van der Waals surface area contributed by atoms with Gasteiger partial charge in [0, 0.05) is 6.08 Å². The lowest BCUT2D eigenvalue weighted by Gasteiger charge is -2.50. The Morgan fingerprint density at radius 2 is 2.06 bits per heavy atom. The first kappa shape index (κ1) is 14.7. The summed E-state index contributed by atoms with van der Waals surface area (Å²) in [6.45, 7) is 15.2. The third-order valence-electron chi connectivity index (χ3n) is 4.10. The summed E-state index contributed by atoms with van der Waals surface area (Å²) in [6, 6.07) is 1.26. The van der Waals surface area contributed by atoms with E-state index in [-0.39, 0.29) is 11.6 Å². The van der Waals surface area contributed by atoms with Crippen molar-refractivity contribution in [3.63, 3.8) is 0 Å². The van der Waals surface area contributed by atoms with Gasteiger partial charge in [-0.25, -0.2) is 4.79 Å². The molecular weight excluding hydrogens is 248 g/mol. The molecule has 0 amide bonds. The van der Waals surface area contributed by atoms with Crippen molar-refractivity contribution in [2.75, 3.05) is 6.61 Å². The van der Waals surface area contributed by atoms with Crippen LogP contribution in [0.1, 0.15) is 13.3 Å². The van der Waals surface area contributed by atoms with Crippen molar-refractivity contribution < 1.29 is 14.0 Å². The van der Waals surface area contributed by atoms with Gasteiger partial charge in [-0.15, -0.1) is 0 Å². The van der Waals surface area contributed by atoms with Crippen LogP contribution in [0.4, 0.5) is 0 Å². The minimum atomic E-state index is -1.61. The molecule has 0 aromatic heterocycles. The van der Waals surface area contributed by atoms with Crippen molar-refractivity contribution in [3.8, 4) is 0 Å². The Morgan fingerprint density at radius 1 is 1.47 bits per heavy atom. The van der Waals surface area contributed by atoms with Gasteiger partial charge in [0.1, 0.15) is 6.61 Å². The highest BCUT2D eigenvalue weighted by molar-refractivity contribution is 7.38. The van der Waals surface area contributed by atoms with Crippen LogP contribution in [0, 0.1) is 0 Å². The summed E-state index contributed by atoms with van der Waals surface area (Å²) in [6.07, 6.45) is 2.19. The molecule has 1 heterocycles. The molecule has 0 aliphatic carbocycles. The zero-order chi connectivity index (χ0) is 13.3. The van der Waals surface area contributed by atoms with E-state index < -0.39 is 15.4 Å². The predicted octanol–water partition coefficient (Wildman–Crippen LogP) is 2.89. The molecular formula is C12H24O3Si2. The molecule has 1 rings (SSSR count). The molecule has 0 aromatic carbocycles. The van der Waals surface area contributed by atoms with E-state index in [4.69, 9.17) is 9.16 Å². The summed E-state index contributed by atoms with van der Waals surface area (Å²) >= 11 is 0. The van der Waals surface area contributed by atoms with Gasteiger partial charge in [-0.05, 0) is 26.4 Å². The quantitative estimate of drug-likeness (QED) is 0.450. The largest absolute Gasteiger partial charge is 0.460 e. The van der Waals surface area contributed by atoms with Crippen molar-refractivity contribution in [1.29, 1.82) is 0 Å². The van der Waals surface area contributed by atoms with Gasteiger partial charge in [0.2, 0.25) is 0 Å². The van der Waals surface area contributed by atoms with Crippen LogP contribution in [-0.4, -0.2) is 33.6 Å². The van der Waals surface area contributed by atoms with E-state index in [0.717, 1.165) is 6.42 Å². The van der Waals surface area contributed by atoms with E-state index in [1.54, 1.807) is 0 Å². The SMILES string of the molecule is C=CC(=O)OCC1(C)CC[Si](C)(C)[Si](C)(C)O1. The minimum Gasteiger partial charge on any atom is -0.460 e. The number of carbonyl (C=O) groups excluding carboxylic acids is 1. The van der Waals surface area contributed by atoms with Crippen LogP contribution in [0.2, 0.25) is 32.2 Å². The summed E-state index contributed by atoms with van der Waals surface area (Å²) in [5.41, 5.74) is -0.295. The zero-order valence-electron chi connectivity index (χ0n) is 11.6. The number of hydrogen-bond donors (Lipinski definition) is 0. The number of hydrogen-bond acceptors (Lipinski definition) is 3. The maximum Gasteiger partial charge on any atom is 0.330 e. The lowest BCUT2D eigenvalue weighted by molar-refractivity contribution is -0.144. The summed E-state index contributed by atoms with van der Waals surface area (Å²) in [7, 11) is -2.83. The molecule has 3 nitrogen and oxygen atoms in total. The number of ether oxygens (including phenoxy) is 1. The molecule has 0 aromatic rings. The standard InChI is InChI=1S/C12H24O3Si2/c1-7-11(13)14-10-12(2)8-9-16(3,4)17(5,6)15-12/h7H,1,8-10H2,2-6H3. The molecule has 1 atom stereocenters. The smallest absolute Gasteiger partial charge is 0.330 e. The summed E-state index contributed by atoms with van der Waals surface area (Å²) < 4.78 is 11.5. The maximum absolute atomic E-state index is 11.1. The summed E-state index contributed by atoms with van der Waals surface area (Å²) in [4.78, 5) is 11.1. The van der Waals surface area contributed by atoms with Crippen molar-refractivity contribution >= 4 is 21.4 Å². The van der Waals surface area contributed by atoms with Crippen molar-refractivity contribution in [2.45, 2.75) is 51.2 Å². The average molecular weight is 272 g/mol. The maximum atomic E-state index is 11.1. The summed E-state index contributed by atoms with van der Waals surface area (Å²) in [5.74, 6) is -0.364. The Hall–Kier alpha value is -0.396. The predicted molar refractivity (Wildman–Crippen MR) is 75.0 cm³/mol. The van der Waals surface area contributed by atoms with Crippen LogP contribution >= 0.6 is 0 Å². The van der Waals surface area contributed by atoms with E-state index in [0.29, 0.717) is 6.61 Å². The van der Waals surface area contributed by atoms with Crippen LogP contribution in [0.5, 0.6) is 0 Å². The van der Waals surface area contributed by atoms with Crippen LogP contribution in [0.15, 0.2) is 12.7 Å². The molecule has 0 spiro atoms. The van der Waals surface area contributed by atoms with Gasteiger partial charge in [-0.2, -0.15) is 0 Å². The Morgan fingerprint density at radius 3 is 2.53 bits per heavy atom. The fraction of sp³-hybridized carbons (Fsp3) is 0.750. The van der Waals surface area contributed by atoms with Gasteiger partial charge in [0.05, 0.1) is 13.2 Å². The third-order valence-corrected chi connectivity index (χ3v) is 20.7. The highest BCUT2D eigenvalue weighted by atomic mass is 29.3. The number of rotatable bonds is 3. The van der Waals surface area contributed by atoms with Crippen molar-refractivity contribution in [2.24, 2.45) is 0 Å². The molecule has 0 N–H and O–H groups in total. The van der Waals surface area contributed by atoms with Crippen LogP contribution < -0.4 is 0 Å². The van der Waals surface area contributed by atoms with Gasteiger partial charge >= 0.3 is 5.97 Å². The van der Waals surface area contributed by atoms with Crippen LogP contribution in [0.25, 0.3) is 0 Å². The molecule has 1 unspecified atom stereocenters. The minimum absolute atomic E-state index is 0.295. The van der Waals surface area contributed by atoms with E-state index in [1.807, 2.05) is 0 Å². The van der Waals surface area contributed by atoms with E-state index in [2.05, 4.69) is 39.7 Å². The lowest BCUT2D eigenvalue weighted by atomic mass is 10.1. The van der Waals surface area contributed by atoms with Crippen LogP contribution in [0.3, 0.4) is 0 Å². The Balaban J connectivity index is 2.68. The first-order chi connectivity index (χ1) is 7.62. The molecule has 17 heavy (non-hydrogen) atoms. The second-order valence-corrected chi connectivity index (χ2v) is 21.4. The molecule has 0 bridgehead atoms. The van der Waals surface area contributed by atoms with E-state index in [1.165, 1.54) is 12.1 Å². The van der Waals surface area contributed by atoms with E-state index >= 15 is 0 Å². The van der Waals surface area contributed by atoms with Gasteiger partial charge in [-0.1, -0.05) is 25.7 Å². The topological polar surface area (TPSA) is 35.5 Å². The monoisotopic (exact) mass is 272 g/mol. The van der Waals surface area contributed by atoms with E-state index in [9.17, 15) is 4.79 Å². The first-order valence-electron chi connectivity index (χ1n) is 6.11. The molecule has 1 saturated heterocycles. The first-order valence-corrected chi connectivity index (χ1v) is 13.2. The van der Waals surface area contributed by atoms with Gasteiger partial charge in [-0.3, -0.25) is 0 Å². The number of carbonyl (C=O) groups is 1. The molecule has 0 radical (unpaired) electrons. The third kappa shape index (κ3) is 3.29. The van der Waals surface area contributed by atoms with Gasteiger partial charge in [0.15, 0.2) is 7.83 Å². The van der Waals surface area contributed by atoms with Gasteiger partial charge < -0.3 is 9.16 Å². The summed E-state index contributed by atoms with van der Waals surface area (Å²) in [5, 5.41) is 0. The lowest BCUT2D eigenvalue weighted by Crippen LogP contribution is -2.65. The highest BCUT2D eigenvalue weighted by Gasteiger charge is 2.51. The average Bonchev–Trinajstić information content (AvgIpc) is 2.21. The zero-order valence-corrected chi connectivity index (χ0v) is 13.6. The molecule has 0 saturated carbocycles. The fourth-order valence-electron chi connectivity index (χ4n) is 2.07. The fourth-order valence-corrected chi connectivity index (χ4v) is 9.24. The van der Waals surface area contributed by atoms with Crippen molar-refractivity contribution in [3.05, 3.63) is 12.7 Å². The second-order valence-electron chi connectivity index (χ2n) is 6.26. The Labute approximate surface area is 106 Å². The Bertz CT molecular complexity index is 326. The molecule has 1 aliphatic rings. The van der Waals surface area contributed by atoms with Crippen molar-refractivity contribution in [1.82, 2.24) is 0 Å². The van der Waals surface area contributed by atoms with Crippen LogP contribution in [-0.2, 0) is 14.0 Å². The normalized spacial score (nSPS) is 30.6. The molecule has 98 valence electrons.